The Morgan fingerprint density at radius 2 is 1.89 bits per heavy atom. The van der Waals surface area contributed by atoms with Crippen molar-refractivity contribution in [3.8, 4) is 6.07 Å². The molecule has 1 unspecified atom stereocenters. The molecule has 0 aliphatic heterocycles. The van der Waals surface area contributed by atoms with Gasteiger partial charge in [-0.15, -0.1) is 0 Å². The molecule has 0 aliphatic carbocycles. The average Bonchev–Trinajstić information content (AvgIpc) is 2.51. The number of hydrogen-bond donors (Lipinski definition) is 1. The molecule has 6 nitrogen and oxygen atoms in total. The molecule has 1 N–H and O–H groups in total. The van der Waals surface area contributed by atoms with Gasteiger partial charge in [0, 0.05) is 11.8 Å². The van der Waals surface area contributed by atoms with Gasteiger partial charge in [0.05, 0.1) is 11.6 Å². The number of nitrogens with zero attached hydrogens (tertiary/aromatic N) is 1. The molecule has 0 radical (unpaired) electrons. The third-order valence-corrected chi connectivity index (χ3v) is 5.23. The van der Waals surface area contributed by atoms with Gasteiger partial charge in [-0.25, -0.2) is 22.0 Å². The second-order valence-corrected chi connectivity index (χ2v) is 9.54. The standard InChI is InChI=1S/C18H24F2N2O4S.H2S/c1-17(2,3)26-16(23)22-18(12-19,14-7-5-6-8-15(14)20)10-9-13(11-21)27(4,24)25;/h5-8,13H,9-10,12H2,1-4H3,(H,22,23);1H2/t13?,18-;/m1./s1. The summed E-state index contributed by atoms with van der Waals surface area (Å²) in [6.45, 7) is 3.63. The molecule has 0 bridgehead atoms. The highest BCUT2D eigenvalue weighted by atomic mass is 32.2. The SMILES string of the molecule is CC(C)(C)OC(=O)N[C@@](CF)(CCC(C#N)S(C)(=O)=O)c1ccccc1F.S. The van der Waals surface area contributed by atoms with E-state index in [9.17, 15) is 22.0 Å². The summed E-state index contributed by atoms with van der Waals surface area (Å²) < 4.78 is 57.0. The Morgan fingerprint density at radius 3 is 2.32 bits per heavy atom. The minimum atomic E-state index is -3.72. The normalized spacial score (nSPS) is 14.8. The minimum absolute atomic E-state index is 0. The minimum Gasteiger partial charge on any atom is -0.444 e. The van der Waals surface area contributed by atoms with Crippen molar-refractivity contribution in [2.24, 2.45) is 0 Å². The number of alkyl halides is 1. The maximum atomic E-state index is 14.4. The fourth-order valence-electron chi connectivity index (χ4n) is 2.54. The summed E-state index contributed by atoms with van der Waals surface area (Å²) in [5.41, 5.74) is -2.89. The van der Waals surface area contributed by atoms with E-state index in [1.807, 2.05) is 0 Å². The summed E-state index contributed by atoms with van der Waals surface area (Å²) in [4.78, 5) is 12.2. The van der Waals surface area contributed by atoms with Crippen LogP contribution in [0, 0.1) is 17.1 Å². The lowest BCUT2D eigenvalue weighted by Gasteiger charge is -2.34. The zero-order valence-corrected chi connectivity index (χ0v) is 18.1. The monoisotopic (exact) mass is 436 g/mol. The smallest absolute Gasteiger partial charge is 0.408 e. The van der Waals surface area contributed by atoms with Crippen LogP contribution in [0.25, 0.3) is 0 Å². The molecule has 0 spiro atoms. The van der Waals surface area contributed by atoms with Gasteiger partial charge in [-0.2, -0.15) is 18.8 Å². The van der Waals surface area contributed by atoms with Gasteiger partial charge in [-0.1, -0.05) is 18.2 Å². The molecule has 0 saturated heterocycles. The van der Waals surface area contributed by atoms with E-state index in [-0.39, 0.29) is 31.9 Å². The van der Waals surface area contributed by atoms with Crippen LogP contribution in [0.5, 0.6) is 0 Å². The van der Waals surface area contributed by atoms with Crippen molar-refractivity contribution in [1.29, 1.82) is 5.26 Å². The summed E-state index contributed by atoms with van der Waals surface area (Å²) >= 11 is 0. The van der Waals surface area contributed by atoms with Crippen molar-refractivity contribution in [2.45, 2.75) is 50.0 Å². The zero-order chi connectivity index (χ0) is 20.9. The highest BCUT2D eigenvalue weighted by molar-refractivity contribution is 7.91. The average molecular weight is 437 g/mol. The Morgan fingerprint density at radius 1 is 1.32 bits per heavy atom. The largest absolute Gasteiger partial charge is 0.444 e. The van der Waals surface area contributed by atoms with Gasteiger partial charge in [0.25, 0.3) is 0 Å². The summed E-state index contributed by atoms with van der Waals surface area (Å²) in [6, 6.07) is 6.93. The lowest BCUT2D eigenvalue weighted by atomic mass is 9.85. The first-order valence-corrected chi connectivity index (χ1v) is 10.2. The quantitative estimate of drug-likeness (QED) is 0.707. The van der Waals surface area contributed by atoms with Crippen molar-refractivity contribution in [3.63, 3.8) is 0 Å². The molecule has 1 rings (SSSR count). The fraction of sp³-hybridized carbons (Fsp3) is 0.556. The number of sulfone groups is 1. The molecule has 1 amide bonds. The van der Waals surface area contributed by atoms with Crippen molar-refractivity contribution in [3.05, 3.63) is 35.6 Å². The molecule has 10 heteroatoms. The molecule has 28 heavy (non-hydrogen) atoms. The van der Waals surface area contributed by atoms with Crippen LogP contribution in [0.4, 0.5) is 13.6 Å². The molecule has 0 saturated carbocycles. The van der Waals surface area contributed by atoms with E-state index in [1.54, 1.807) is 26.8 Å². The van der Waals surface area contributed by atoms with Crippen LogP contribution in [0.3, 0.4) is 0 Å². The molecular formula is C18H26F2N2O4S2. The number of benzene rings is 1. The first-order chi connectivity index (χ1) is 12.3. The van der Waals surface area contributed by atoms with Gasteiger partial charge in [0.15, 0.2) is 9.84 Å². The number of halogens is 2. The lowest BCUT2D eigenvalue weighted by molar-refractivity contribution is 0.0417. The summed E-state index contributed by atoms with van der Waals surface area (Å²) in [5, 5.41) is 10.0. The second-order valence-electron chi connectivity index (χ2n) is 7.31. The Hall–Kier alpha value is -1.86. The number of nitrogens with one attached hydrogen (secondary N) is 1. The number of nitriles is 1. The van der Waals surface area contributed by atoms with Gasteiger partial charge < -0.3 is 10.1 Å². The van der Waals surface area contributed by atoms with Crippen LogP contribution in [-0.2, 0) is 20.1 Å². The van der Waals surface area contributed by atoms with E-state index < -0.39 is 44.8 Å². The molecule has 0 aliphatic rings. The van der Waals surface area contributed by atoms with Crippen molar-refractivity contribution in [1.82, 2.24) is 5.32 Å². The van der Waals surface area contributed by atoms with E-state index in [0.717, 1.165) is 12.3 Å². The van der Waals surface area contributed by atoms with Crippen molar-refractivity contribution < 1.29 is 26.7 Å². The maximum Gasteiger partial charge on any atom is 0.408 e. The highest BCUT2D eigenvalue weighted by Crippen LogP contribution is 2.31. The van der Waals surface area contributed by atoms with Crippen LogP contribution >= 0.6 is 13.5 Å². The third-order valence-electron chi connectivity index (χ3n) is 3.85. The maximum absolute atomic E-state index is 14.4. The Balaban J connectivity index is 0.00000729. The third kappa shape index (κ3) is 7.28. The van der Waals surface area contributed by atoms with Crippen molar-refractivity contribution in [2.75, 3.05) is 12.9 Å². The van der Waals surface area contributed by atoms with Gasteiger partial charge in [0.1, 0.15) is 23.3 Å². The molecule has 158 valence electrons. The van der Waals surface area contributed by atoms with Gasteiger partial charge in [-0.05, 0) is 39.7 Å². The van der Waals surface area contributed by atoms with Crippen LogP contribution in [0.1, 0.15) is 39.2 Å². The number of carbonyl (C=O) groups is 1. The van der Waals surface area contributed by atoms with E-state index in [2.05, 4.69) is 5.32 Å². The number of rotatable bonds is 7. The first kappa shape index (κ1) is 26.1. The van der Waals surface area contributed by atoms with Crippen LogP contribution < -0.4 is 5.32 Å². The number of amides is 1. The first-order valence-electron chi connectivity index (χ1n) is 8.25. The lowest BCUT2D eigenvalue weighted by Crippen LogP contribution is -2.50. The van der Waals surface area contributed by atoms with Gasteiger partial charge in [0.2, 0.25) is 0 Å². The second kappa shape index (κ2) is 10.1. The van der Waals surface area contributed by atoms with Gasteiger partial charge >= 0.3 is 6.09 Å². The fourth-order valence-corrected chi connectivity index (χ4v) is 3.27. The molecule has 0 heterocycles. The van der Waals surface area contributed by atoms with E-state index >= 15 is 0 Å². The van der Waals surface area contributed by atoms with Crippen LogP contribution in [0.15, 0.2) is 24.3 Å². The number of hydrogen-bond acceptors (Lipinski definition) is 5. The molecular weight excluding hydrogens is 410 g/mol. The Bertz CT molecular complexity index is 820. The number of ether oxygens (including phenoxy) is 1. The predicted octanol–water partition coefficient (Wildman–Crippen LogP) is 3.34. The van der Waals surface area contributed by atoms with Crippen LogP contribution in [0.2, 0.25) is 0 Å². The topological polar surface area (TPSA) is 96.3 Å². The van der Waals surface area contributed by atoms with Crippen molar-refractivity contribution >= 4 is 29.4 Å². The molecule has 0 aromatic heterocycles. The van der Waals surface area contributed by atoms with E-state index in [1.165, 1.54) is 18.2 Å². The molecule has 0 fully saturated rings. The number of alkyl carbamates (subject to hydrolysis) is 1. The Labute approximate surface area is 171 Å². The summed E-state index contributed by atoms with van der Waals surface area (Å²) in [6.07, 6.45) is -0.683. The summed E-state index contributed by atoms with van der Waals surface area (Å²) in [5.74, 6) is -0.765. The zero-order valence-electron chi connectivity index (χ0n) is 16.3. The highest BCUT2D eigenvalue weighted by Gasteiger charge is 2.39. The Kier molecular flexibility index (Phi) is 9.40. The molecule has 1 aromatic carbocycles. The van der Waals surface area contributed by atoms with E-state index in [0.29, 0.717) is 0 Å². The molecule has 1 aromatic rings. The molecule has 2 atom stereocenters. The van der Waals surface area contributed by atoms with E-state index in [4.69, 9.17) is 10.00 Å². The van der Waals surface area contributed by atoms with Gasteiger partial charge in [-0.3, -0.25) is 0 Å². The predicted molar refractivity (Wildman–Crippen MR) is 107 cm³/mol. The number of carbonyl (C=O) groups excluding carboxylic acids is 1. The van der Waals surface area contributed by atoms with Crippen LogP contribution in [-0.4, -0.2) is 38.3 Å². The summed E-state index contributed by atoms with van der Waals surface area (Å²) in [7, 11) is -3.72.